The second kappa shape index (κ2) is 6.76. The SMILES string of the molecule is C=CC(=O)N1CCC12CN(c1ccc3ncnc(Nc4cccc(C)c4F)c3n1)C2. The maximum Gasteiger partial charge on any atom is 0.246 e. The molecule has 1 aromatic carbocycles. The zero-order chi connectivity index (χ0) is 20.9. The molecule has 0 radical (unpaired) electrons. The first kappa shape index (κ1) is 18.5. The van der Waals surface area contributed by atoms with Crippen LogP contribution in [0.3, 0.4) is 0 Å². The lowest BCUT2D eigenvalue weighted by Gasteiger charge is -2.62. The highest BCUT2D eigenvalue weighted by Gasteiger charge is 2.55. The van der Waals surface area contributed by atoms with Crippen LogP contribution in [-0.4, -0.2) is 50.9 Å². The van der Waals surface area contributed by atoms with Crippen molar-refractivity contribution in [3.8, 4) is 0 Å². The zero-order valence-corrected chi connectivity index (χ0v) is 16.6. The summed E-state index contributed by atoms with van der Waals surface area (Å²) in [5, 5.41) is 3.06. The van der Waals surface area contributed by atoms with Crippen LogP contribution in [0.1, 0.15) is 12.0 Å². The fraction of sp³-hybridized carbons (Fsp3) is 0.273. The summed E-state index contributed by atoms with van der Waals surface area (Å²) in [5.74, 6) is 0.900. The Labute approximate surface area is 173 Å². The first-order valence-corrected chi connectivity index (χ1v) is 9.84. The van der Waals surface area contributed by atoms with Gasteiger partial charge in [0.15, 0.2) is 5.82 Å². The molecule has 1 amide bonds. The van der Waals surface area contributed by atoms with E-state index in [0.717, 1.165) is 31.9 Å². The number of hydrogen-bond acceptors (Lipinski definition) is 6. The van der Waals surface area contributed by atoms with Gasteiger partial charge >= 0.3 is 0 Å². The van der Waals surface area contributed by atoms with Crippen LogP contribution in [0.15, 0.2) is 49.3 Å². The molecule has 4 heterocycles. The molecular weight excluding hydrogens is 383 g/mol. The van der Waals surface area contributed by atoms with Gasteiger partial charge < -0.3 is 15.1 Å². The smallest absolute Gasteiger partial charge is 0.246 e. The van der Waals surface area contributed by atoms with Gasteiger partial charge in [0.25, 0.3) is 0 Å². The van der Waals surface area contributed by atoms with Gasteiger partial charge in [0.05, 0.1) is 16.7 Å². The molecule has 1 N–H and O–H groups in total. The number of rotatable bonds is 4. The van der Waals surface area contributed by atoms with Gasteiger partial charge in [0.1, 0.15) is 23.5 Å². The third kappa shape index (κ3) is 2.79. The van der Waals surface area contributed by atoms with Gasteiger partial charge in [0.2, 0.25) is 5.91 Å². The highest BCUT2D eigenvalue weighted by atomic mass is 19.1. The molecule has 5 rings (SSSR count). The van der Waals surface area contributed by atoms with E-state index in [9.17, 15) is 9.18 Å². The highest BCUT2D eigenvalue weighted by Crippen LogP contribution is 2.41. The Morgan fingerprint density at radius 1 is 1.27 bits per heavy atom. The molecule has 7 nitrogen and oxygen atoms in total. The van der Waals surface area contributed by atoms with Crippen molar-refractivity contribution in [2.24, 2.45) is 0 Å². The minimum absolute atomic E-state index is 0.0209. The van der Waals surface area contributed by atoms with E-state index < -0.39 is 0 Å². The Hall–Kier alpha value is -3.55. The maximum absolute atomic E-state index is 14.4. The average molecular weight is 404 g/mol. The number of amides is 1. The molecule has 2 fully saturated rings. The number of fused-ring (bicyclic) bond motifs is 1. The molecule has 8 heteroatoms. The Balaban J connectivity index is 1.42. The summed E-state index contributed by atoms with van der Waals surface area (Å²) in [4.78, 5) is 29.3. The van der Waals surface area contributed by atoms with Crippen LogP contribution in [0, 0.1) is 12.7 Å². The number of halogens is 1. The zero-order valence-electron chi connectivity index (χ0n) is 16.6. The molecule has 3 aromatic rings. The first-order chi connectivity index (χ1) is 14.5. The number of anilines is 3. The first-order valence-electron chi connectivity index (χ1n) is 9.84. The molecule has 2 saturated heterocycles. The lowest BCUT2D eigenvalue weighted by atomic mass is 9.77. The third-order valence-electron chi connectivity index (χ3n) is 6.02. The summed E-state index contributed by atoms with van der Waals surface area (Å²) in [6.45, 7) is 7.54. The number of likely N-dealkylation sites (tertiary alicyclic amines) is 1. The summed E-state index contributed by atoms with van der Waals surface area (Å²) in [6.07, 6.45) is 3.79. The van der Waals surface area contributed by atoms with Crippen molar-refractivity contribution in [2.75, 3.05) is 29.9 Å². The van der Waals surface area contributed by atoms with Crippen LogP contribution < -0.4 is 10.2 Å². The molecule has 2 aromatic heterocycles. The molecular formula is C22H21FN6O. The van der Waals surface area contributed by atoms with Gasteiger partial charge in [-0.05, 0) is 43.2 Å². The lowest BCUT2D eigenvalue weighted by molar-refractivity contribution is -0.144. The van der Waals surface area contributed by atoms with Crippen molar-refractivity contribution in [3.63, 3.8) is 0 Å². The number of benzene rings is 1. The number of aromatic nitrogens is 3. The largest absolute Gasteiger partial charge is 0.352 e. The molecule has 0 atom stereocenters. The van der Waals surface area contributed by atoms with Crippen LogP contribution in [0.25, 0.3) is 11.0 Å². The molecule has 30 heavy (non-hydrogen) atoms. The Morgan fingerprint density at radius 2 is 2.10 bits per heavy atom. The number of hydrogen-bond donors (Lipinski definition) is 1. The van der Waals surface area contributed by atoms with E-state index in [2.05, 4.69) is 26.8 Å². The standard InChI is InChI=1S/C22H21FN6O/c1-3-18(30)29-10-9-22(29)11-28(12-22)17-8-7-16-20(27-17)21(25-13-24-16)26-15-6-4-5-14(2)19(15)23/h3-8,13H,1,9-12H2,2H3,(H,24,25,26). The van der Waals surface area contributed by atoms with Gasteiger partial charge in [-0.15, -0.1) is 0 Å². The molecule has 1 spiro atoms. The van der Waals surface area contributed by atoms with E-state index in [1.807, 2.05) is 17.0 Å². The topological polar surface area (TPSA) is 74.2 Å². The van der Waals surface area contributed by atoms with Crippen molar-refractivity contribution in [1.82, 2.24) is 19.9 Å². The van der Waals surface area contributed by atoms with Crippen LogP contribution in [0.5, 0.6) is 0 Å². The Bertz CT molecular complexity index is 1170. The molecule has 2 aliphatic heterocycles. The van der Waals surface area contributed by atoms with Crippen molar-refractivity contribution in [3.05, 3.63) is 60.7 Å². The van der Waals surface area contributed by atoms with Crippen LogP contribution in [0.2, 0.25) is 0 Å². The monoisotopic (exact) mass is 404 g/mol. The summed E-state index contributed by atoms with van der Waals surface area (Å²) >= 11 is 0. The van der Waals surface area contributed by atoms with Gasteiger partial charge in [-0.1, -0.05) is 18.7 Å². The van der Waals surface area contributed by atoms with Crippen molar-refractivity contribution in [2.45, 2.75) is 18.9 Å². The van der Waals surface area contributed by atoms with Crippen LogP contribution in [-0.2, 0) is 4.79 Å². The van der Waals surface area contributed by atoms with Crippen molar-refractivity contribution >= 4 is 34.3 Å². The third-order valence-corrected chi connectivity index (χ3v) is 6.02. The Morgan fingerprint density at radius 3 is 2.83 bits per heavy atom. The van der Waals surface area contributed by atoms with E-state index >= 15 is 0 Å². The van der Waals surface area contributed by atoms with Gasteiger partial charge in [-0.3, -0.25) is 4.79 Å². The number of pyridine rings is 1. The summed E-state index contributed by atoms with van der Waals surface area (Å²) in [5.41, 5.74) is 2.03. The number of carbonyl (C=O) groups excluding carboxylic acids is 1. The number of nitrogens with one attached hydrogen (secondary N) is 1. The van der Waals surface area contributed by atoms with E-state index in [-0.39, 0.29) is 17.3 Å². The normalized spacial score (nSPS) is 16.9. The second-order valence-electron chi connectivity index (χ2n) is 7.85. The highest BCUT2D eigenvalue weighted by molar-refractivity contribution is 5.90. The van der Waals surface area contributed by atoms with E-state index in [1.54, 1.807) is 25.1 Å². The maximum atomic E-state index is 14.4. The molecule has 152 valence electrons. The lowest BCUT2D eigenvalue weighted by Crippen LogP contribution is -2.78. The predicted octanol–water partition coefficient (Wildman–Crippen LogP) is 3.19. The van der Waals surface area contributed by atoms with E-state index in [0.29, 0.717) is 28.1 Å². The number of aryl methyl sites for hydroxylation is 1. The van der Waals surface area contributed by atoms with Gasteiger partial charge in [0, 0.05) is 19.6 Å². The molecule has 2 aliphatic rings. The Kier molecular flexibility index (Phi) is 4.16. The summed E-state index contributed by atoms with van der Waals surface area (Å²) in [7, 11) is 0. The minimum Gasteiger partial charge on any atom is -0.352 e. The van der Waals surface area contributed by atoms with Gasteiger partial charge in [-0.2, -0.15) is 0 Å². The van der Waals surface area contributed by atoms with Crippen molar-refractivity contribution < 1.29 is 9.18 Å². The summed E-state index contributed by atoms with van der Waals surface area (Å²) in [6, 6.07) is 8.97. The van der Waals surface area contributed by atoms with Crippen molar-refractivity contribution in [1.29, 1.82) is 0 Å². The fourth-order valence-electron chi connectivity index (χ4n) is 4.22. The predicted molar refractivity (Wildman–Crippen MR) is 113 cm³/mol. The minimum atomic E-state index is -0.318. The molecule has 0 unspecified atom stereocenters. The summed E-state index contributed by atoms with van der Waals surface area (Å²) < 4.78 is 14.4. The molecule has 0 bridgehead atoms. The van der Waals surface area contributed by atoms with Gasteiger partial charge in [-0.25, -0.2) is 19.3 Å². The fourth-order valence-corrected chi connectivity index (χ4v) is 4.22. The van der Waals surface area contributed by atoms with Crippen LogP contribution in [0.4, 0.5) is 21.7 Å². The molecule has 0 aliphatic carbocycles. The quantitative estimate of drug-likeness (QED) is 0.674. The second-order valence-corrected chi connectivity index (χ2v) is 7.85. The van der Waals surface area contributed by atoms with Crippen LogP contribution >= 0.6 is 0 Å². The average Bonchev–Trinajstić information content (AvgIpc) is 2.70. The van der Waals surface area contributed by atoms with E-state index in [4.69, 9.17) is 4.98 Å². The number of nitrogens with zero attached hydrogens (tertiary/aromatic N) is 5. The number of carbonyl (C=O) groups is 1. The van der Waals surface area contributed by atoms with E-state index in [1.165, 1.54) is 12.4 Å². The molecule has 0 saturated carbocycles.